The molecule has 0 fully saturated rings. The van der Waals surface area contributed by atoms with Crippen LogP contribution in [0.5, 0.6) is 0 Å². The van der Waals surface area contributed by atoms with Crippen LogP contribution in [0.25, 0.3) is 0 Å². The molecule has 2 atom stereocenters. The molecule has 0 bridgehead atoms. The van der Waals surface area contributed by atoms with Crippen molar-refractivity contribution in [3.8, 4) is 0 Å². The number of halogens is 1. The fraction of sp³-hybridized carbons (Fsp3) is 0.300. The summed E-state index contributed by atoms with van der Waals surface area (Å²) in [6, 6.07) is 14.8. The number of anilines is 1. The molecule has 1 amide bonds. The van der Waals surface area contributed by atoms with Crippen molar-refractivity contribution in [2.45, 2.75) is 39.3 Å². The van der Waals surface area contributed by atoms with Gasteiger partial charge in [-0.15, -0.1) is 0 Å². The zero-order valence-electron chi connectivity index (χ0n) is 14.7. The van der Waals surface area contributed by atoms with Crippen LogP contribution in [0.1, 0.15) is 49.2 Å². The summed E-state index contributed by atoms with van der Waals surface area (Å²) in [5.74, 6) is -0.153. The summed E-state index contributed by atoms with van der Waals surface area (Å²) in [5, 5.41) is 6.23. The predicted molar refractivity (Wildman–Crippen MR) is 105 cm³/mol. The number of carbonyl (C=O) groups is 2. The van der Waals surface area contributed by atoms with Crippen LogP contribution in [0.15, 0.2) is 53.0 Å². The molecule has 2 N–H and O–H groups in total. The van der Waals surface area contributed by atoms with E-state index in [9.17, 15) is 9.59 Å². The highest BCUT2D eigenvalue weighted by atomic mass is 79.9. The van der Waals surface area contributed by atoms with Gasteiger partial charge in [0, 0.05) is 21.8 Å². The van der Waals surface area contributed by atoms with Gasteiger partial charge in [-0.3, -0.25) is 14.9 Å². The molecular weight excluding hydrogens is 380 g/mol. The first-order valence-electron chi connectivity index (χ1n) is 8.34. The number of carbonyl (C=O) groups excluding carboxylic acids is 2. The lowest BCUT2D eigenvalue weighted by molar-refractivity contribution is -0.118. The van der Waals surface area contributed by atoms with E-state index in [0.717, 1.165) is 16.5 Å². The number of hydrogen-bond acceptors (Lipinski definition) is 3. The molecule has 4 nitrogen and oxygen atoms in total. The quantitative estimate of drug-likeness (QED) is 0.658. The van der Waals surface area contributed by atoms with Gasteiger partial charge in [0.2, 0.25) is 5.91 Å². The third-order valence-electron chi connectivity index (χ3n) is 4.06. The van der Waals surface area contributed by atoms with Crippen LogP contribution < -0.4 is 10.6 Å². The van der Waals surface area contributed by atoms with Crippen LogP contribution in [0.4, 0.5) is 5.69 Å². The second-order valence-electron chi connectivity index (χ2n) is 6.03. The van der Waals surface area contributed by atoms with Crippen molar-refractivity contribution in [1.82, 2.24) is 5.32 Å². The van der Waals surface area contributed by atoms with Crippen LogP contribution in [-0.2, 0) is 4.79 Å². The zero-order valence-corrected chi connectivity index (χ0v) is 16.3. The Labute approximate surface area is 157 Å². The summed E-state index contributed by atoms with van der Waals surface area (Å²) in [6.45, 7) is 5.43. The van der Waals surface area contributed by atoms with Crippen LogP contribution >= 0.6 is 15.9 Å². The van der Waals surface area contributed by atoms with E-state index in [1.165, 1.54) is 6.92 Å². The fourth-order valence-corrected chi connectivity index (χ4v) is 2.85. The number of rotatable bonds is 7. The molecular formula is C20H23BrN2O2. The number of hydrogen-bond donors (Lipinski definition) is 2. The molecule has 2 rings (SSSR count). The van der Waals surface area contributed by atoms with E-state index in [1.807, 2.05) is 31.2 Å². The maximum absolute atomic E-state index is 12.5. The van der Waals surface area contributed by atoms with Crippen molar-refractivity contribution in [2.24, 2.45) is 0 Å². The van der Waals surface area contributed by atoms with Crippen molar-refractivity contribution in [3.63, 3.8) is 0 Å². The monoisotopic (exact) mass is 402 g/mol. The number of amides is 1. The van der Waals surface area contributed by atoms with Gasteiger partial charge in [0.05, 0.1) is 6.04 Å². The standard InChI is InChI=1S/C20H23BrN2O2/c1-4-19(15-8-10-17(21)11-9-15)22-13(2)20(25)23-18-7-5-6-16(12-18)14(3)24/h5-13,19,22H,4H2,1-3H3,(H,23,25)/t13-,19-/m0/s1. The van der Waals surface area contributed by atoms with Gasteiger partial charge in [0.1, 0.15) is 0 Å². The number of benzene rings is 2. The maximum Gasteiger partial charge on any atom is 0.241 e. The molecule has 0 aromatic heterocycles. The molecule has 132 valence electrons. The Hall–Kier alpha value is -1.98. The number of ketones is 1. The van der Waals surface area contributed by atoms with Crippen LogP contribution in [0, 0.1) is 0 Å². The topological polar surface area (TPSA) is 58.2 Å². The van der Waals surface area contributed by atoms with Gasteiger partial charge in [0.15, 0.2) is 5.78 Å². The van der Waals surface area contributed by atoms with Gasteiger partial charge >= 0.3 is 0 Å². The molecule has 2 aromatic rings. The first-order valence-corrected chi connectivity index (χ1v) is 9.13. The average molecular weight is 403 g/mol. The summed E-state index contributed by atoms with van der Waals surface area (Å²) in [4.78, 5) is 23.9. The van der Waals surface area contributed by atoms with Crippen molar-refractivity contribution >= 4 is 33.3 Å². The van der Waals surface area contributed by atoms with Gasteiger partial charge in [-0.1, -0.05) is 47.1 Å². The van der Waals surface area contributed by atoms with E-state index in [1.54, 1.807) is 24.3 Å². The Morgan fingerprint density at radius 3 is 2.40 bits per heavy atom. The van der Waals surface area contributed by atoms with E-state index in [4.69, 9.17) is 0 Å². The van der Waals surface area contributed by atoms with E-state index in [2.05, 4.69) is 33.5 Å². The number of nitrogens with one attached hydrogen (secondary N) is 2. The normalized spacial score (nSPS) is 13.1. The summed E-state index contributed by atoms with van der Waals surface area (Å²) in [7, 11) is 0. The van der Waals surface area contributed by atoms with E-state index in [-0.39, 0.29) is 23.8 Å². The van der Waals surface area contributed by atoms with Gasteiger partial charge in [-0.25, -0.2) is 0 Å². The average Bonchev–Trinajstić information content (AvgIpc) is 2.60. The van der Waals surface area contributed by atoms with Gasteiger partial charge in [0.25, 0.3) is 0 Å². The lowest BCUT2D eigenvalue weighted by atomic mass is 10.0. The smallest absolute Gasteiger partial charge is 0.241 e. The Bertz CT molecular complexity index is 744. The Kier molecular flexibility index (Phi) is 6.91. The third kappa shape index (κ3) is 5.51. The van der Waals surface area contributed by atoms with Crippen molar-refractivity contribution < 1.29 is 9.59 Å². The molecule has 0 aliphatic heterocycles. The second kappa shape index (κ2) is 8.92. The summed E-state index contributed by atoms with van der Waals surface area (Å²) in [6.07, 6.45) is 0.874. The van der Waals surface area contributed by atoms with Crippen LogP contribution in [-0.4, -0.2) is 17.7 Å². The summed E-state index contributed by atoms with van der Waals surface area (Å²) in [5.41, 5.74) is 2.35. The van der Waals surface area contributed by atoms with E-state index >= 15 is 0 Å². The molecule has 0 radical (unpaired) electrons. The Balaban J connectivity index is 2.02. The largest absolute Gasteiger partial charge is 0.325 e. The minimum atomic E-state index is -0.366. The first-order chi connectivity index (χ1) is 11.9. The zero-order chi connectivity index (χ0) is 18.4. The Morgan fingerprint density at radius 2 is 1.80 bits per heavy atom. The SMILES string of the molecule is CC[C@H](N[C@@H](C)C(=O)Nc1cccc(C(C)=O)c1)c1ccc(Br)cc1. The van der Waals surface area contributed by atoms with Gasteiger partial charge in [-0.05, 0) is 50.1 Å². The van der Waals surface area contributed by atoms with Gasteiger partial charge < -0.3 is 5.32 Å². The van der Waals surface area contributed by atoms with E-state index < -0.39 is 0 Å². The molecule has 2 aromatic carbocycles. The fourth-order valence-electron chi connectivity index (χ4n) is 2.59. The Morgan fingerprint density at radius 1 is 1.12 bits per heavy atom. The second-order valence-corrected chi connectivity index (χ2v) is 6.94. The lowest BCUT2D eigenvalue weighted by Crippen LogP contribution is -2.40. The minimum absolute atomic E-state index is 0.0245. The lowest BCUT2D eigenvalue weighted by Gasteiger charge is -2.22. The highest BCUT2D eigenvalue weighted by Gasteiger charge is 2.18. The predicted octanol–water partition coefficient (Wildman–Crippen LogP) is 4.72. The highest BCUT2D eigenvalue weighted by Crippen LogP contribution is 2.20. The van der Waals surface area contributed by atoms with Crippen molar-refractivity contribution in [2.75, 3.05) is 5.32 Å². The third-order valence-corrected chi connectivity index (χ3v) is 4.59. The molecule has 0 aliphatic carbocycles. The highest BCUT2D eigenvalue weighted by molar-refractivity contribution is 9.10. The summed E-state index contributed by atoms with van der Waals surface area (Å²) < 4.78 is 1.03. The molecule has 0 aliphatic rings. The molecule has 5 heteroatoms. The molecule has 0 spiro atoms. The molecule has 0 saturated carbocycles. The van der Waals surface area contributed by atoms with Crippen LogP contribution in [0.2, 0.25) is 0 Å². The van der Waals surface area contributed by atoms with E-state index in [0.29, 0.717) is 11.3 Å². The molecule has 0 saturated heterocycles. The minimum Gasteiger partial charge on any atom is -0.325 e. The maximum atomic E-state index is 12.5. The first kappa shape index (κ1) is 19.3. The molecule has 0 unspecified atom stereocenters. The van der Waals surface area contributed by atoms with Gasteiger partial charge in [-0.2, -0.15) is 0 Å². The number of Topliss-reactive ketones (excluding diaryl/α,β-unsaturated/α-hetero) is 1. The molecule has 25 heavy (non-hydrogen) atoms. The van der Waals surface area contributed by atoms with Crippen LogP contribution in [0.3, 0.4) is 0 Å². The summed E-state index contributed by atoms with van der Waals surface area (Å²) >= 11 is 3.44. The van der Waals surface area contributed by atoms with Crippen molar-refractivity contribution in [1.29, 1.82) is 0 Å². The van der Waals surface area contributed by atoms with Crippen molar-refractivity contribution in [3.05, 3.63) is 64.1 Å². The molecule has 0 heterocycles.